The average molecular weight is 185 g/mol. The molecule has 0 aliphatic carbocycles. The molecule has 0 saturated carbocycles. The smallest absolute Gasteiger partial charge is 0.311 e. The number of hydrogen-bond acceptors (Lipinski definition) is 4. The Labute approximate surface area is 72.9 Å². The Hall–Kier alpha value is -1.23. The third kappa shape index (κ3) is 2.13. The van der Waals surface area contributed by atoms with Gasteiger partial charge in [-0.25, -0.2) is 4.98 Å². The maximum atomic E-state index is 11.0. The first-order chi connectivity index (χ1) is 5.59. The summed E-state index contributed by atoms with van der Waals surface area (Å²) in [6.07, 6.45) is -0.479. The first kappa shape index (κ1) is 8.86. The van der Waals surface area contributed by atoms with Crippen LogP contribution in [-0.4, -0.2) is 21.8 Å². The molecular formula is C7H7NO3S. The molecule has 5 heteroatoms. The number of aromatic nitrogens is 1. The van der Waals surface area contributed by atoms with Crippen molar-refractivity contribution in [1.29, 1.82) is 0 Å². The molecule has 64 valence electrons. The lowest BCUT2D eigenvalue weighted by Crippen LogP contribution is -2.06. The van der Waals surface area contributed by atoms with E-state index in [1.807, 2.05) is 0 Å². The van der Waals surface area contributed by atoms with Crippen molar-refractivity contribution < 1.29 is 14.7 Å². The topological polar surface area (TPSA) is 67.3 Å². The highest BCUT2D eigenvalue weighted by Gasteiger charge is 2.13. The number of thiazole rings is 1. The van der Waals surface area contributed by atoms with Crippen LogP contribution in [-0.2, 0) is 4.79 Å². The lowest BCUT2D eigenvalue weighted by atomic mass is 10.3. The summed E-state index contributed by atoms with van der Waals surface area (Å²) in [5.41, 5.74) is 0.744. The molecule has 1 heterocycles. The lowest BCUT2D eigenvalue weighted by Gasteiger charge is -1.89. The van der Waals surface area contributed by atoms with Gasteiger partial charge < -0.3 is 5.11 Å². The minimum absolute atomic E-state index is 0.273. The summed E-state index contributed by atoms with van der Waals surface area (Å²) in [4.78, 5) is 25.1. The summed E-state index contributed by atoms with van der Waals surface area (Å²) >= 11 is 1.18. The van der Waals surface area contributed by atoms with Crippen LogP contribution in [0.25, 0.3) is 0 Å². The van der Waals surface area contributed by atoms with Gasteiger partial charge in [-0.05, 0) is 6.92 Å². The number of aryl methyl sites for hydroxylation is 1. The van der Waals surface area contributed by atoms with E-state index in [1.165, 1.54) is 11.3 Å². The predicted octanol–water partition coefficient (Wildman–Crippen LogP) is 1.11. The molecule has 0 aliphatic heterocycles. The Balaban J connectivity index is 2.72. The van der Waals surface area contributed by atoms with E-state index in [1.54, 1.807) is 12.3 Å². The summed E-state index contributed by atoms with van der Waals surface area (Å²) in [5, 5.41) is 10.3. The van der Waals surface area contributed by atoms with Crippen molar-refractivity contribution in [3.63, 3.8) is 0 Å². The second kappa shape index (κ2) is 3.44. The molecule has 0 aromatic carbocycles. The number of aliphatic carboxylic acids is 1. The number of rotatable bonds is 3. The van der Waals surface area contributed by atoms with Crippen LogP contribution in [0, 0.1) is 6.92 Å². The van der Waals surface area contributed by atoms with Gasteiger partial charge in [-0.1, -0.05) is 0 Å². The highest BCUT2D eigenvalue weighted by Crippen LogP contribution is 2.10. The van der Waals surface area contributed by atoms with Gasteiger partial charge in [0.2, 0.25) is 5.78 Å². The van der Waals surface area contributed by atoms with Crippen molar-refractivity contribution in [2.45, 2.75) is 13.3 Å². The fraction of sp³-hybridized carbons (Fsp3) is 0.286. The van der Waals surface area contributed by atoms with E-state index in [4.69, 9.17) is 5.11 Å². The van der Waals surface area contributed by atoms with Crippen molar-refractivity contribution in [1.82, 2.24) is 4.98 Å². The van der Waals surface area contributed by atoms with Crippen LogP contribution in [0.2, 0.25) is 0 Å². The molecule has 0 aliphatic rings. The Morgan fingerprint density at radius 2 is 2.33 bits per heavy atom. The van der Waals surface area contributed by atoms with E-state index in [9.17, 15) is 9.59 Å². The molecule has 0 spiro atoms. The Morgan fingerprint density at radius 3 is 2.75 bits per heavy atom. The van der Waals surface area contributed by atoms with E-state index < -0.39 is 18.2 Å². The maximum Gasteiger partial charge on any atom is 0.311 e. The van der Waals surface area contributed by atoms with Gasteiger partial charge in [0, 0.05) is 11.1 Å². The monoisotopic (exact) mass is 185 g/mol. The van der Waals surface area contributed by atoms with Crippen molar-refractivity contribution in [3.8, 4) is 0 Å². The molecule has 1 aromatic rings. The second-order valence-corrected chi connectivity index (χ2v) is 3.15. The van der Waals surface area contributed by atoms with Crippen LogP contribution in [0.4, 0.5) is 0 Å². The first-order valence-corrected chi connectivity index (χ1v) is 4.14. The number of carboxylic acid groups (broad SMARTS) is 1. The summed E-state index contributed by atoms with van der Waals surface area (Å²) in [7, 11) is 0. The number of hydrogen-bond donors (Lipinski definition) is 1. The fourth-order valence-electron chi connectivity index (χ4n) is 0.695. The van der Waals surface area contributed by atoms with Gasteiger partial charge in [0.05, 0.1) is 0 Å². The van der Waals surface area contributed by atoms with E-state index in [0.717, 1.165) is 5.69 Å². The number of ketones is 1. The predicted molar refractivity (Wildman–Crippen MR) is 43.4 cm³/mol. The Bertz CT molecular complexity index is 318. The molecule has 0 radical (unpaired) electrons. The molecule has 0 atom stereocenters. The summed E-state index contributed by atoms with van der Waals surface area (Å²) < 4.78 is 0. The zero-order valence-electron chi connectivity index (χ0n) is 6.40. The molecule has 0 fully saturated rings. The third-order valence-electron chi connectivity index (χ3n) is 1.17. The molecule has 1 aromatic heterocycles. The lowest BCUT2D eigenvalue weighted by molar-refractivity contribution is -0.135. The third-order valence-corrected chi connectivity index (χ3v) is 2.17. The van der Waals surface area contributed by atoms with Crippen molar-refractivity contribution >= 4 is 23.1 Å². The van der Waals surface area contributed by atoms with E-state index in [0.29, 0.717) is 0 Å². The van der Waals surface area contributed by atoms with Gasteiger partial charge in [0.15, 0.2) is 5.01 Å². The van der Waals surface area contributed by atoms with Gasteiger partial charge in [0.25, 0.3) is 0 Å². The number of Topliss-reactive ketones (excluding diaryl/α,β-unsaturated/α-hetero) is 1. The largest absolute Gasteiger partial charge is 0.481 e. The highest BCUT2D eigenvalue weighted by molar-refractivity contribution is 7.11. The number of carbonyl (C=O) groups is 2. The van der Waals surface area contributed by atoms with Gasteiger partial charge in [-0.3, -0.25) is 9.59 Å². The minimum atomic E-state index is -1.12. The maximum absolute atomic E-state index is 11.0. The van der Waals surface area contributed by atoms with Gasteiger partial charge in [-0.2, -0.15) is 0 Å². The van der Waals surface area contributed by atoms with Gasteiger partial charge >= 0.3 is 5.97 Å². The van der Waals surface area contributed by atoms with E-state index in [2.05, 4.69) is 4.98 Å². The van der Waals surface area contributed by atoms with Crippen LogP contribution < -0.4 is 0 Å². The molecule has 4 nitrogen and oxygen atoms in total. The van der Waals surface area contributed by atoms with Crippen LogP contribution in [0.5, 0.6) is 0 Å². The average Bonchev–Trinajstić information content (AvgIpc) is 2.34. The fourth-order valence-corrected chi connectivity index (χ4v) is 1.43. The number of carbonyl (C=O) groups excluding carboxylic acids is 1. The molecule has 0 bridgehead atoms. The zero-order chi connectivity index (χ0) is 9.14. The molecule has 12 heavy (non-hydrogen) atoms. The first-order valence-electron chi connectivity index (χ1n) is 3.26. The van der Waals surface area contributed by atoms with Crippen LogP contribution in [0.1, 0.15) is 21.9 Å². The minimum Gasteiger partial charge on any atom is -0.481 e. The molecule has 0 amide bonds. The Kier molecular flexibility index (Phi) is 2.54. The zero-order valence-corrected chi connectivity index (χ0v) is 7.22. The molecule has 0 unspecified atom stereocenters. The van der Waals surface area contributed by atoms with Crippen LogP contribution >= 0.6 is 11.3 Å². The SMILES string of the molecule is Cc1csc(C(=O)CC(=O)O)n1. The van der Waals surface area contributed by atoms with Crippen molar-refractivity contribution in [3.05, 3.63) is 16.1 Å². The highest BCUT2D eigenvalue weighted by atomic mass is 32.1. The van der Waals surface area contributed by atoms with Crippen LogP contribution in [0.3, 0.4) is 0 Å². The Morgan fingerprint density at radius 1 is 1.67 bits per heavy atom. The molecule has 1 N–H and O–H groups in total. The van der Waals surface area contributed by atoms with Crippen LogP contribution in [0.15, 0.2) is 5.38 Å². The second-order valence-electron chi connectivity index (χ2n) is 2.29. The van der Waals surface area contributed by atoms with E-state index >= 15 is 0 Å². The molecule has 1 rings (SSSR count). The van der Waals surface area contributed by atoms with Crippen molar-refractivity contribution in [2.75, 3.05) is 0 Å². The van der Waals surface area contributed by atoms with E-state index in [-0.39, 0.29) is 5.01 Å². The van der Waals surface area contributed by atoms with Crippen molar-refractivity contribution in [2.24, 2.45) is 0 Å². The number of carboxylic acids is 1. The molecule has 0 saturated heterocycles. The summed E-state index contributed by atoms with van der Waals surface area (Å²) in [6.45, 7) is 1.76. The summed E-state index contributed by atoms with van der Waals surface area (Å²) in [5.74, 6) is -1.55. The normalized spacial score (nSPS) is 9.75. The van der Waals surface area contributed by atoms with Gasteiger partial charge in [-0.15, -0.1) is 11.3 Å². The van der Waals surface area contributed by atoms with Gasteiger partial charge in [0.1, 0.15) is 6.42 Å². The quantitative estimate of drug-likeness (QED) is 0.565. The summed E-state index contributed by atoms with van der Waals surface area (Å²) in [6, 6.07) is 0. The number of nitrogens with zero attached hydrogens (tertiary/aromatic N) is 1. The standard InChI is InChI=1S/C7H7NO3S/c1-4-3-12-7(8-4)5(9)2-6(10)11/h3H,2H2,1H3,(H,10,11). The molecular weight excluding hydrogens is 178 g/mol.